The molecule has 0 aliphatic carbocycles. The zero-order valence-electron chi connectivity index (χ0n) is 13.5. The zero-order valence-corrected chi connectivity index (χ0v) is 13.5. The molecule has 0 unspecified atom stereocenters. The number of hydrogen-bond donors (Lipinski definition) is 0. The summed E-state index contributed by atoms with van der Waals surface area (Å²) >= 11 is 0. The Kier molecular flexibility index (Phi) is 4.71. The Bertz CT molecular complexity index is 666. The van der Waals surface area contributed by atoms with Crippen molar-refractivity contribution >= 4 is 5.91 Å². The predicted molar refractivity (Wildman–Crippen MR) is 84.8 cm³/mol. The van der Waals surface area contributed by atoms with Gasteiger partial charge in [-0.2, -0.15) is 0 Å². The lowest BCUT2D eigenvalue weighted by molar-refractivity contribution is -0.139. The van der Waals surface area contributed by atoms with Crippen molar-refractivity contribution in [1.29, 1.82) is 0 Å². The van der Waals surface area contributed by atoms with Crippen LogP contribution in [0, 0.1) is 6.92 Å². The average Bonchev–Trinajstić information content (AvgIpc) is 3.03. The maximum absolute atomic E-state index is 12.3. The zero-order chi connectivity index (χ0) is 16.2. The van der Waals surface area contributed by atoms with E-state index in [1.54, 1.807) is 0 Å². The Morgan fingerprint density at radius 2 is 2.09 bits per heavy atom. The lowest BCUT2D eigenvalue weighted by atomic mass is 10.1. The summed E-state index contributed by atoms with van der Waals surface area (Å²) in [7, 11) is 0. The maximum Gasteiger partial charge on any atom is 0.247 e. The third-order valence-electron chi connectivity index (χ3n) is 4.01. The van der Waals surface area contributed by atoms with E-state index in [4.69, 9.17) is 9.15 Å². The Labute approximate surface area is 135 Å². The highest BCUT2D eigenvalue weighted by Gasteiger charge is 2.23. The molecule has 1 aromatic heterocycles. The number of carbonyl (C=O) groups is 1. The van der Waals surface area contributed by atoms with Gasteiger partial charge in [0.1, 0.15) is 0 Å². The molecule has 1 aromatic carbocycles. The minimum Gasteiger partial charge on any atom is -0.421 e. The van der Waals surface area contributed by atoms with E-state index >= 15 is 0 Å². The van der Waals surface area contributed by atoms with E-state index in [9.17, 15) is 4.79 Å². The van der Waals surface area contributed by atoms with Crippen molar-refractivity contribution in [3.8, 4) is 11.5 Å². The molecule has 23 heavy (non-hydrogen) atoms. The van der Waals surface area contributed by atoms with E-state index < -0.39 is 0 Å². The number of ether oxygens (including phenoxy) is 1. The van der Waals surface area contributed by atoms with Crippen molar-refractivity contribution in [1.82, 2.24) is 15.1 Å². The molecule has 2 heterocycles. The largest absolute Gasteiger partial charge is 0.421 e. The summed E-state index contributed by atoms with van der Waals surface area (Å²) < 4.78 is 11.0. The summed E-state index contributed by atoms with van der Waals surface area (Å²) in [5.41, 5.74) is 2.07. The van der Waals surface area contributed by atoms with E-state index in [2.05, 4.69) is 10.2 Å². The van der Waals surface area contributed by atoms with Crippen molar-refractivity contribution in [2.24, 2.45) is 0 Å². The molecule has 0 bridgehead atoms. The third kappa shape index (κ3) is 3.76. The lowest BCUT2D eigenvalue weighted by Crippen LogP contribution is -2.47. The van der Waals surface area contributed by atoms with E-state index in [0.717, 1.165) is 5.56 Å². The second-order valence-corrected chi connectivity index (χ2v) is 5.88. The van der Waals surface area contributed by atoms with Gasteiger partial charge >= 0.3 is 0 Å². The highest BCUT2D eigenvalue weighted by Crippen LogP contribution is 2.19. The normalized spacial score (nSPS) is 18.2. The van der Waals surface area contributed by atoms with Gasteiger partial charge in [-0.1, -0.05) is 17.7 Å². The Morgan fingerprint density at radius 3 is 2.83 bits per heavy atom. The predicted octanol–water partition coefficient (Wildman–Crippen LogP) is 2.22. The first kappa shape index (κ1) is 15.7. The molecule has 1 atom stereocenters. The third-order valence-corrected chi connectivity index (χ3v) is 4.01. The van der Waals surface area contributed by atoms with Gasteiger partial charge in [0.2, 0.25) is 17.7 Å². The first-order valence-corrected chi connectivity index (χ1v) is 7.90. The van der Waals surface area contributed by atoms with Crippen LogP contribution in [0.2, 0.25) is 0 Å². The number of aromatic nitrogens is 2. The highest BCUT2D eigenvalue weighted by atomic mass is 16.5. The van der Waals surface area contributed by atoms with Crippen molar-refractivity contribution < 1.29 is 13.9 Å². The Balaban J connectivity index is 1.58. The van der Waals surface area contributed by atoms with Gasteiger partial charge in [-0.25, -0.2) is 0 Å². The molecule has 0 radical (unpaired) electrons. The average molecular weight is 315 g/mol. The Hall–Kier alpha value is -2.21. The van der Waals surface area contributed by atoms with Gasteiger partial charge in [-0.3, -0.25) is 4.79 Å². The smallest absolute Gasteiger partial charge is 0.247 e. The number of hydrogen-bond acceptors (Lipinski definition) is 5. The molecule has 1 amide bonds. The van der Waals surface area contributed by atoms with Crippen LogP contribution in [-0.2, 0) is 16.0 Å². The first-order valence-electron chi connectivity index (χ1n) is 7.90. The summed E-state index contributed by atoms with van der Waals surface area (Å²) in [6.45, 7) is 5.89. The summed E-state index contributed by atoms with van der Waals surface area (Å²) in [5.74, 6) is 1.10. The van der Waals surface area contributed by atoms with E-state index in [0.29, 0.717) is 44.4 Å². The molecule has 6 nitrogen and oxygen atoms in total. The summed E-state index contributed by atoms with van der Waals surface area (Å²) in [5, 5.41) is 8.10. The van der Waals surface area contributed by atoms with Crippen LogP contribution in [-0.4, -0.2) is 46.8 Å². The summed E-state index contributed by atoms with van der Waals surface area (Å²) in [4.78, 5) is 14.1. The van der Waals surface area contributed by atoms with Gasteiger partial charge in [0, 0.05) is 24.9 Å². The maximum atomic E-state index is 12.3. The fourth-order valence-electron chi connectivity index (χ4n) is 2.62. The van der Waals surface area contributed by atoms with E-state index in [1.165, 1.54) is 5.56 Å². The number of morpholine rings is 1. The molecule has 6 heteroatoms. The van der Waals surface area contributed by atoms with Crippen molar-refractivity contribution in [2.45, 2.75) is 32.7 Å². The minimum atomic E-state index is 0.107. The second-order valence-electron chi connectivity index (χ2n) is 5.88. The van der Waals surface area contributed by atoms with Gasteiger partial charge < -0.3 is 14.1 Å². The summed E-state index contributed by atoms with van der Waals surface area (Å²) in [6.07, 6.45) is 0.835. The first-order chi connectivity index (χ1) is 11.1. The fraction of sp³-hybridized carbons (Fsp3) is 0.471. The van der Waals surface area contributed by atoms with Crippen LogP contribution in [0.1, 0.15) is 24.8 Å². The number of aryl methyl sites for hydroxylation is 2. The van der Waals surface area contributed by atoms with Gasteiger partial charge in [0.05, 0.1) is 19.3 Å². The molecule has 1 saturated heterocycles. The van der Waals surface area contributed by atoms with Gasteiger partial charge in [-0.15, -0.1) is 10.2 Å². The molecule has 0 saturated carbocycles. The number of amides is 1. The molecule has 122 valence electrons. The molecule has 1 aliphatic heterocycles. The van der Waals surface area contributed by atoms with Crippen molar-refractivity contribution in [3.05, 3.63) is 35.7 Å². The molecule has 1 aliphatic rings. The number of benzene rings is 1. The van der Waals surface area contributed by atoms with Crippen LogP contribution in [0.25, 0.3) is 11.5 Å². The second kappa shape index (κ2) is 6.91. The van der Waals surface area contributed by atoms with E-state index in [1.807, 2.05) is 43.0 Å². The molecule has 0 N–H and O–H groups in total. The molecular weight excluding hydrogens is 294 g/mol. The number of carbonyl (C=O) groups excluding carboxylic acids is 1. The molecule has 0 spiro atoms. The molecule has 1 fully saturated rings. The number of nitrogens with zero attached hydrogens (tertiary/aromatic N) is 3. The monoisotopic (exact) mass is 315 g/mol. The molecular formula is C17H21N3O3. The standard InChI is InChI=1S/C17H21N3O3/c1-12-3-5-14(6-4-12)17-19-18-15(23-17)7-8-16(21)20-9-10-22-11-13(20)2/h3-6,13H,7-11H2,1-2H3/t13-/m0/s1. The number of rotatable bonds is 4. The van der Waals surface area contributed by atoms with Crippen LogP contribution < -0.4 is 0 Å². The fourth-order valence-corrected chi connectivity index (χ4v) is 2.62. The minimum absolute atomic E-state index is 0.107. The van der Waals surface area contributed by atoms with Crippen LogP contribution >= 0.6 is 0 Å². The highest BCUT2D eigenvalue weighted by molar-refractivity contribution is 5.76. The van der Waals surface area contributed by atoms with Crippen LogP contribution in [0.5, 0.6) is 0 Å². The SMILES string of the molecule is Cc1ccc(-c2nnc(CCC(=O)N3CCOC[C@@H]3C)o2)cc1. The van der Waals surface area contributed by atoms with Crippen molar-refractivity contribution in [3.63, 3.8) is 0 Å². The van der Waals surface area contributed by atoms with Gasteiger partial charge in [0.15, 0.2) is 0 Å². The molecule has 3 rings (SSSR count). The van der Waals surface area contributed by atoms with Gasteiger partial charge in [0.25, 0.3) is 0 Å². The quantitative estimate of drug-likeness (QED) is 0.865. The van der Waals surface area contributed by atoms with Crippen molar-refractivity contribution in [2.75, 3.05) is 19.8 Å². The van der Waals surface area contributed by atoms with Crippen LogP contribution in [0.3, 0.4) is 0 Å². The lowest BCUT2D eigenvalue weighted by Gasteiger charge is -2.33. The Morgan fingerprint density at radius 1 is 1.30 bits per heavy atom. The van der Waals surface area contributed by atoms with Crippen LogP contribution in [0.15, 0.2) is 28.7 Å². The van der Waals surface area contributed by atoms with Crippen LogP contribution in [0.4, 0.5) is 0 Å². The molecule has 2 aromatic rings. The summed E-state index contributed by atoms with van der Waals surface area (Å²) in [6, 6.07) is 8.04. The van der Waals surface area contributed by atoms with E-state index in [-0.39, 0.29) is 11.9 Å². The topological polar surface area (TPSA) is 68.5 Å². The van der Waals surface area contributed by atoms with Gasteiger partial charge in [-0.05, 0) is 26.0 Å².